The molecule has 0 aromatic heterocycles. The average molecular weight is 1050 g/mol. The van der Waals surface area contributed by atoms with Crippen molar-refractivity contribution in [3.63, 3.8) is 0 Å². The minimum Gasteiger partial charge on any atom is -0.480 e. The Morgan fingerprint density at radius 2 is 1.21 bits per heavy atom. The number of aliphatic hydroxyl groups is 1. The fraction of sp³-hybridized carbons (Fsp3) is 0.604. The number of β-amino-alcohol motifs (C(OH)–C–C–N with tert-alkyl or cyclic N) is 1. The van der Waals surface area contributed by atoms with Crippen molar-refractivity contribution >= 4 is 71.2 Å². The molecule has 2 aromatic rings. The Hall–Kier alpha value is -6.49. The van der Waals surface area contributed by atoms with Crippen LogP contribution in [-0.2, 0) is 28.8 Å². The van der Waals surface area contributed by atoms with Gasteiger partial charge in [-0.1, -0.05) is 24.3 Å². The normalized spacial score (nSPS) is 18.5. The van der Waals surface area contributed by atoms with E-state index in [9.17, 15) is 63.7 Å². The predicted molar refractivity (Wildman–Crippen MR) is 278 cm³/mol. The molecule has 4 rings (SSSR count). The number of aliphatic hydroxyl groups excluding tert-OH is 1. The summed E-state index contributed by atoms with van der Waals surface area (Å²) in [6, 6.07) is 7.85. The number of likely N-dealkylation sites (tertiary alicyclic amines) is 1. The molecule has 0 unspecified atom stereocenters. The Bertz CT molecular complexity index is 2280. The van der Waals surface area contributed by atoms with Crippen LogP contribution in [0.4, 0.5) is 0 Å². The van der Waals surface area contributed by atoms with Crippen LogP contribution in [0.3, 0.4) is 0 Å². The maximum atomic E-state index is 13.7. The van der Waals surface area contributed by atoms with Crippen molar-refractivity contribution in [2.75, 3.05) is 119 Å². The third-order valence-corrected chi connectivity index (χ3v) is 12.9. The number of carboxylic acid groups (broad SMARTS) is 2. The number of nitrogens with one attached hydrogen (secondary N) is 4. The van der Waals surface area contributed by atoms with Crippen LogP contribution in [0.5, 0.6) is 0 Å². The maximum Gasteiger partial charge on any atom is 0.475 e. The van der Waals surface area contributed by atoms with Gasteiger partial charge >= 0.3 is 19.1 Å². The summed E-state index contributed by atoms with van der Waals surface area (Å²) in [6.45, 7) is 3.53. The number of hydrogen-bond donors (Lipinski definition) is 11. The highest BCUT2D eigenvalue weighted by atomic mass is 16.4. The minimum absolute atomic E-state index is 0.0123. The summed E-state index contributed by atoms with van der Waals surface area (Å²) in [5.74, 6) is -5.81. The Morgan fingerprint density at radius 3 is 1.72 bits per heavy atom. The third-order valence-electron chi connectivity index (χ3n) is 12.9. The zero-order chi connectivity index (χ0) is 55.2. The number of hydrogen-bond acceptors (Lipinski definition) is 16. The first-order valence-electron chi connectivity index (χ1n) is 25.2. The van der Waals surface area contributed by atoms with E-state index < -0.39 is 72.7 Å². The molecule has 75 heavy (non-hydrogen) atoms. The van der Waals surface area contributed by atoms with Gasteiger partial charge in [-0.2, -0.15) is 0 Å². The zero-order valence-corrected chi connectivity index (χ0v) is 43.2. The number of rotatable bonds is 25. The second kappa shape index (κ2) is 30.8. The third kappa shape index (κ3) is 20.6. The van der Waals surface area contributed by atoms with Gasteiger partial charge in [-0.05, 0) is 68.4 Å². The van der Waals surface area contributed by atoms with Crippen molar-refractivity contribution in [3.8, 4) is 0 Å². The van der Waals surface area contributed by atoms with Crippen molar-refractivity contribution < 1.29 is 63.7 Å². The zero-order valence-electron chi connectivity index (χ0n) is 43.2. The summed E-state index contributed by atoms with van der Waals surface area (Å²) in [5, 5.41) is 61.0. The molecule has 0 bridgehead atoms. The molecule has 13 N–H and O–H groups in total. The maximum absolute atomic E-state index is 13.7. The van der Waals surface area contributed by atoms with Gasteiger partial charge in [-0.3, -0.25) is 62.9 Å². The van der Waals surface area contributed by atoms with E-state index in [-0.39, 0.29) is 103 Å². The van der Waals surface area contributed by atoms with E-state index in [0.29, 0.717) is 74.2 Å². The van der Waals surface area contributed by atoms with Gasteiger partial charge in [-0.15, -0.1) is 0 Å². The van der Waals surface area contributed by atoms with E-state index in [1.165, 1.54) is 19.1 Å². The molecule has 0 radical (unpaired) electrons. The van der Waals surface area contributed by atoms with Crippen LogP contribution in [0.2, 0.25) is 0 Å². The van der Waals surface area contributed by atoms with Crippen molar-refractivity contribution in [1.82, 2.24) is 50.7 Å². The number of aliphatic imine (C=N–C) groups is 1. The summed E-state index contributed by atoms with van der Waals surface area (Å²) < 4.78 is 0. The monoisotopic (exact) mass is 1050 g/mol. The van der Waals surface area contributed by atoms with Crippen LogP contribution >= 0.6 is 0 Å². The molecule has 2 saturated heterocycles. The minimum atomic E-state index is -1.86. The van der Waals surface area contributed by atoms with Gasteiger partial charge in [0.1, 0.15) is 12.1 Å². The molecule has 2 heterocycles. The largest absolute Gasteiger partial charge is 0.480 e. The number of nitrogens with zero attached hydrogens (tertiary/aromatic N) is 7. The van der Waals surface area contributed by atoms with Crippen molar-refractivity contribution in [2.24, 2.45) is 16.5 Å². The molecular weight excluding hydrogens is 977 g/mol. The molecule has 6 amide bonds. The number of carbonyl (C=O) groups excluding carboxylic acids is 6. The van der Waals surface area contributed by atoms with Crippen LogP contribution in [0.15, 0.2) is 41.4 Å². The first-order valence-corrected chi connectivity index (χ1v) is 25.2. The molecule has 27 heteroatoms. The van der Waals surface area contributed by atoms with E-state index in [0.717, 1.165) is 4.90 Å². The number of fused-ring (bicyclic) bond motifs is 1. The Morgan fingerprint density at radius 1 is 0.707 bits per heavy atom. The predicted octanol–water partition coefficient (Wildman–Crippen LogP) is -4.03. The summed E-state index contributed by atoms with van der Waals surface area (Å²) in [6.07, 6.45) is 1.43. The van der Waals surface area contributed by atoms with Gasteiger partial charge in [0.05, 0.1) is 38.2 Å². The Kier molecular flexibility index (Phi) is 25.1. The summed E-state index contributed by atoms with van der Waals surface area (Å²) in [7, 11) is 1.63. The molecule has 2 aliphatic rings. The lowest BCUT2D eigenvalue weighted by Crippen LogP contribution is -2.52. The van der Waals surface area contributed by atoms with Gasteiger partial charge in [0.15, 0.2) is 5.96 Å². The summed E-state index contributed by atoms with van der Waals surface area (Å²) >= 11 is 0. The summed E-state index contributed by atoms with van der Waals surface area (Å²) in [4.78, 5) is 117. The molecule has 0 saturated carbocycles. The first-order chi connectivity index (χ1) is 35.6. The SMILES string of the molecule is C[C@@H](NC(=O)c1ccc(C(=O)NCCCCCNC(=O)[C@H](CCCN=C(N)N(C)C)NC(=O)CN2CCN(CC(=O)O)CCN(CC(N)=O)CCN(CC(=O)O)CC2)c2ccccc12)C(=O)N1C[C@@H](O)C[C@H]1B(O)O. The highest BCUT2D eigenvalue weighted by molar-refractivity contribution is 6.43. The number of amides is 6. The van der Waals surface area contributed by atoms with Gasteiger partial charge in [0.2, 0.25) is 23.6 Å². The standard InChI is InChI=1S/C48H76BN13O13/c1-32(47(73)62-27-33(63)26-39(62)49(74)75)55-45(71)37-14-13-36(34-10-5-6-11-35(34)37)44(70)52-15-7-4-8-16-53-46(72)38(12-9-17-54-48(51)57(2)3)56-41(65)29-59-20-24-60(30-42(66)67)22-18-58(28-40(50)64)19-23-61(25-21-59)31-43(68)69/h5-6,10-11,13-14,32-33,38-39,63,74-75H,4,7-9,12,15-31H2,1-3H3,(H2,50,64)(H2,51,54)(H,52,70)(H,53,72)(H,55,71)(H,56,65)(H,66,67)(H,68,69)/t32-,33+,38+,39+/m1/s1. The summed E-state index contributed by atoms with van der Waals surface area (Å²) in [5.41, 5.74) is 11.9. The topological polar surface area (TPSA) is 370 Å². The van der Waals surface area contributed by atoms with E-state index in [4.69, 9.17) is 11.5 Å². The number of nitrogens with two attached hydrogens (primary N) is 2. The lowest BCUT2D eigenvalue weighted by Gasteiger charge is -2.33. The van der Waals surface area contributed by atoms with E-state index in [2.05, 4.69) is 26.3 Å². The van der Waals surface area contributed by atoms with Crippen molar-refractivity contribution in [3.05, 3.63) is 47.5 Å². The van der Waals surface area contributed by atoms with E-state index in [1.807, 2.05) is 0 Å². The molecule has 2 aliphatic heterocycles. The first kappa shape index (κ1) is 61.1. The highest BCUT2D eigenvalue weighted by Crippen LogP contribution is 2.24. The van der Waals surface area contributed by atoms with Crippen LogP contribution in [-0.4, -0.2) is 258 Å². The lowest BCUT2D eigenvalue weighted by molar-refractivity contribution is -0.139. The number of benzene rings is 2. The fourth-order valence-electron chi connectivity index (χ4n) is 8.87. The molecular formula is C48H76BN13O13. The van der Waals surface area contributed by atoms with Crippen molar-refractivity contribution in [2.45, 2.75) is 69.6 Å². The van der Waals surface area contributed by atoms with Gasteiger partial charge < -0.3 is 67.9 Å². The van der Waals surface area contributed by atoms with Crippen LogP contribution < -0.4 is 32.7 Å². The Balaban J connectivity index is 1.32. The van der Waals surface area contributed by atoms with E-state index in [1.54, 1.807) is 62.9 Å². The Labute approximate surface area is 436 Å². The van der Waals surface area contributed by atoms with Gasteiger partial charge in [-0.25, -0.2) is 0 Å². The number of primary amides is 1. The smallest absolute Gasteiger partial charge is 0.475 e. The molecule has 414 valence electrons. The number of aliphatic carboxylic acids is 2. The molecule has 26 nitrogen and oxygen atoms in total. The van der Waals surface area contributed by atoms with Crippen molar-refractivity contribution in [1.29, 1.82) is 0 Å². The van der Waals surface area contributed by atoms with Gasteiger partial charge in [0, 0.05) is 104 Å². The van der Waals surface area contributed by atoms with Crippen LogP contribution in [0, 0.1) is 0 Å². The van der Waals surface area contributed by atoms with Crippen LogP contribution in [0.1, 0.15) is 66.2 Å². The lowest BCUT2D eigenvalue weighted by atomic mass is 9.77. The second-order valence-corrected chi connectivity index (χ2v) is 19.1. The molecule has 4 atom stereocenters. The molecule has 2 aromatic carbocycles. The van der Waals surface area contributed by atoms with E-state index >= 15 is 0 Å². The number of carbonyl (C=O) groups is 8. The highest BCUT2D eigenvalue weighted by Gasteiger charge is 2.42. The number of unbranched alkanes of at least 4 members (excludes halogenated alkanes) is 2. The molecule has 0 aliphatic carbocycles. The quantitative estimate of drug-likeness (QED) is 0.0195. The second-order valence-electron chi connectivity index (χ2n) is 19.1. The number of carboxylic acids is 2. The van der Waals surface area contributed by atoms with Gasteiger partial charge in [0.25, 0.3) is 11.8 Å². The number of guanidine groups is 1. The van der Waals surface area contributed by atoms with Crippen LogP contribution in [0.25, 0.3) is 10.8 Å². The average Bonchev–Trinajstić information content (AvgIpc) is 3.75. The fourth-order valence-corrected chi connectivity index (χ4v) is 8.87. The molecule has 0 spiro atoms. The molecule has 2 fully saturated rings.